The van der Waals surface area contributed by atoms with Gasteiger partial charge in [-0.15, -0.1) is 0 Å². The maximum atomic E-state index is 9.76. The maximum Gasteiger partial charge on any atom is 0.121 e. The number of para-hydroxylation sites is 1. The van der Waals surface area contributed by atoms with Crippen molar-refractivity contribution >= 4 is 33.2 Å². The SMILES string of the molecule is Oc1cc(Br)c(Cl)cc1CNNc1ccccc1. The Bertz CT molecular complexity index is 534. The maximum absolute atomic E-state index is 9.76. The highest BCUT2D eigenvalue weighted by atomic mass is 79.9. The van der Waals surface area contributed by atoms with Gasteiger partial charge in [0.25, 0.3) is 0 Å². The summed E-state index contributed by atoms with van der Waals surface area (Å²) in [6.07, 6.45) is 0. The van der Waals surface area contributed by atoms with Crippen LogP contribution in [0.4, 0.5) is 5.69 Å². The molecule has 0 saturated carbocycles. The Balaban J connectivity index is 1.97. The molecule has 0 spiro atoms. The number of hydrazine groups is 1. The molecule has 0 aromatic heterocycles. The van der Waals surface area contributed by atoms with Crippen molar-refractivity contribution in [1.82, 2.24) is 5.43 Å². The Hall–Kier alpha value is -1.23. The van der Waals surface area contributed by atoms with Gasteiger partial charge in [0, 0.05) is 22.3 Å². The normalized spacial score (nSPS) is 10.3. The Kier molecular flexibility index (Phi) is 4.47. The van der Waals surface area contributed by atoms with Crippen molar-refractivity contribution in [3.05, 3.63) is 57.5 Å². The summed E-state index contributed by atoms with van der Waals surface area (Å²) in [5, 5.41) is 10.3. The van der Waals surface area contributed by atoms with Gasteiger partial charge in [-0.05, 0) is 40.2 Å². The molecular formula is C13H12BrClN2O. The largest absolute Gasteiger partial charge is 0.508 e. The van der Waals surface area contributed by atoms with E-state index in [2.05, 4.69) is 26.8 Å². The van der Waals surface area contributed by atoms with Crippen LogP contribution in [-0.4, -0.2) is 5.11 Å². The quantitative estimate of drug-likeness (QED) is 0.746. The molecule has 2 aromatic rings. The molecule has 2 rings (SSSR count). The first-order valence-corrected chi connectivity index (χ1v) is 6.55. The first kappa shape index (κ1) is 13.2. The Morgan fingerprint density at radius 3 is 2.61 bits per heavy atom. The van der Waals surface area contributed by atoms with Gasteiger partial charge >= 0.3 is 0 Å². The minimum Gasteiger partial charge on any atom is -0.508 e. The molecule has 0 saturated heterocycles. The lowest BCUT2D eigenvalue weighted by Crippen LogP contribution is -2.20. The molecule has 0 radical (unpaired) electrons. The van der Waals surface area contributed by atoms with E-state index in [1.165, 1.54) is 0 Å². The second kappa shape index (κ2) is 6.09. The van der Waals surface area contributed by atoms with Gasteiger partial charge in [-0.25, -0.2) is 5.43 Å². The van der Waals surface area contributed by atoms with Crippen LogP contribution in [0.1, 0.15) is 5.56 Å². The van der Waals surface area contributed by atoms with Crippen molar-refractivity contribution in [2.75, 3.05) is 5.43 Å². The highest BCUT2D eigenvalue weighted by molar-refractivity contribution is 9.10. The number of rotatable bonds is 4. The van der Waals surface area contributed by atoms with Crippen LogP contribution in [0.2, 0.25) is 5.02 Å². The van der Waals surface area contributed by atoms with Crippen LogP contribution in [0.25, 0.3) is 0 Å². The number of phenolic OH excluding ortho intramolecular Hbond substituents is 1. The summed E-state index contributed by atoms with van der Waals surface area (Å²) in [6.45, 7) is 0.466. The summed E-state index contributed by atoms with van der Waals surface area (Å²) in [6, 6.07) is 13.0. The van der Waals surface area contributed by atoms with Gasteiger partial charge in [0.2, 0.25) is 0 Å². The van der Waals surface area contributed by atoms with Crippen molar-refractivity contribution in [2.45, 2.75) is 6.54 Å². The van der Waals surface area contributed by atoms with Gasteiger partial charge in [0.1, 0.15) is 5.75 Å². The molecule has 0 heterocycles. The molecule has 5 heteroatoms. The third-order valence-electron chi connectivity index (χ3n) is 2.41. The molecule has 0 aliphatic carbocycles. The van der Waals surface area contributed by atoms with Crippen molar-refractivity contribution in [1.29, 1.82) is 0 Å². The van der Waals surface area contributed by atoms with Crippen molar-refractivity contribution in [2.24, 2.45) is 0 Å². The minimum absolute atomic E-state index is 0.202. The van der Waals surface area contributed by atoms with Gasteiger partial charge in [-0.2, -0.15) is 0 Å². The molecule has 0 bridgehead atoms. The average molecular weight is 328 g/mol. The molecule has 3 nitrogen and oxygen atoms in total. The summed E-state index contributed by atoms with van der Waals surface area (Å²) in [5.74, 6) is 0.202. The van der Waals surface area contributed by atoms with Gasteiger partial charge in [0.05, 0.1) is 5.02 Å². The van der Waals surface area contributed by atoms with Crippen LogP contribution < -0.4 is 10.9 Å². The zero-order valence-corrected chi connectivity index (χ0v) is 11.8. The Morgan fingerprint density at radius 1 is 1.17 bits per heavy atom. The lowest BCUT2D eigenvalue weighted by molar-refractivity contribution is 0.465. The second-order valence-electron chi connectivity index (χ2n) is 3.74. The number of benzene rings is 2. The van der Waals surface area contributed by atoms with E-state index in [-0.39, 0.29) is 5.75 Å². The number of hydrogen-bond acceptors (Lipinski definition) is 3. The first-order chi connectivity index (χ1) is 8.66. The van der Waals surface area contributed by atoms with Crippen LogP contribution in [0.5, 0.6) is 5.75 Å². The lowest BCUT2D eigenvalue weighted by Gasteiger charge is -2.10. The molecule has 0 unspecified atom stereocenters. The fourth-order valence-corrected chi connectivity index (χ4v) is 2.00. The number of phenols is 1. The molecule has 0 aliphatic rings. The Labute approximate surface area is 119 Å². The first-order valence-electron chi connectivity index (χ1n) is 5.37. The van der Waals surface area contributed by atoms with E-state index in [1.54, 1.807) is 12.1 Å². The van der Waals surface area contributed by atoms with Crippen LogP contribution >= 0.6 is 27.5 Å². The summed E-state index contributed by atoms with van der Waals surface area (Å²) in [7, 11) is 0. The Morgan fingerprint density at radius 2 is 1.89 bits per heavy atom. The molecule has 0 atom stereocenters. The molecule has 94 valence electrons. The highest BCUT2D eigenvalue weighted by Crippen LogP contribution is 2.29. The average Bonchev–Trinajstić information content (AvgIpc) is 2.37. The third kappa shape index (κ3) is 3.38. The van der Waals surface area contributed by atoms with Crippen LogP contribution in [0.15, 0.2) is 46.9 Å². The van der Waals surface area contributed by atoms with Gasteiger partial charge < -0.3 is 10.5 Å². The van der Waals surface area contributed by atoms with Crippen LogP contribution in [0, 0.1) is 0 Å². The molecule has 0 amide bonds. The molecule has 0 fully saturated rings. The molecule has 0 aliphatic heterocycles. The highest BCUT2D eigenvalue weighted by Gasteiger charge is 2.05. The number of halogens is 2. The fraction of sp³-hybridized carbons (Fsp3) is 0.0769. The second-order valence-corrected chi connectivity index (χ2v) is 5.00. The third-order valence-corrected chi connectivity index (χ3v) is 3.60. The predicted octanol–water partition coefficient (Wildman–Crippen LogP) is 3.92. The molecule has 18 heavy (non-hydrogen) atoms. The molecular weight excluding hydrogens is 316 g/mol. The van der Waals surface area contributed by atoms with Crippen LogP contribution in [-0.2, 0) is 6.54 Å². The zero-order chi connectivity index (χ0) is 13.0. The monoisotopic (exact) mass is 326 g/mol. The standard InChI is InChI=1S/C13H12BrClN2O/c14-11-7-13(18)9(6-12(11)15)8-16-17-10-4-2-1-3-5-10/h1-7,16-18H,8H2. The lowest BCUT2D eigenvalue weighted by atomic mass is 10.2. The number of aromatic hydroxyl groups is 1. The van der Waals surface area contributed by atoms with Crippen molar-refractivity contribution < 1.29 is 5.11 Å². The summed E-state index contributed by atoms with van der Waals surface area (Å²) < 4.78 is 0.682. The van der Waals surface area contributed by atoms with Crippen molar-refractivity contribution in [3.63, 3.8) is 0 Å². The number of nitrogens with one attached hydrogen (secondary N) is 2. The summed E-state index contributed by atoms with van der Waals surface area (Å²) >= 11 is 9.23. The van der Waals surface area contributed by atoms with E-state index in [4.69, 9.17) is 11.6 Å². The molecule has 3 N–H and O–H groups in total. The van der Waals surface area contributed by atoms with Crippen LogP contribution in [0.3, 0.4) is 0 Å². The topological polar surface area (TPSA) is 44.3 Å². The van der Waals surface area contributed by atoms with Gasteiger partial charge in [-0.1, -0.05) is 29.8 Å². The van der Waals surface area contributed by atoms with E-state index < -0.39 is 0 Å². The van der Waals surface area contributed by atoms with E-state index >= 15 is 0 Å². The molecule has 2 aromatic carbocycles. The van der Waals surface area contributed by atoms with Gasteiger partial charge in [-0.3, -0.25) is 0 Å². The van der Waals surface area contributed by atoms with E-state index in [0.29, 0.717) is 16.0 Å². The van der Waals surface area contributed by atoms with E-state index in [9.17, 15) is 5.11 Å². The smallest absolute Gasteiger partial charge is 0.121 e. The van der Waals surface area contributed by atoms with Gasteiger partial charge in [0.15, 0.2) is 0 Å². The minimum atomic E-state index is 0.202. The van der Waals surface area contributed by atoms with E-state index in [0.717, 1.165) is 11.3 Å². The fourth-order valence-electron chi connectivity index (χ4n) is 1.48. The van der Waals surface area contributed by atoms with E-state index in [1.807, 2.05) is 30.3 Å². The zero-order valence-electron chi connectivity index (χ0n) is 9.45. The number of anilines is 1. The predicted molar refractivity (Wildman–Crippen MR) is 77.7 cm³/mol. The summed E-state index contributed by atoms with van der Waals surface area (Å²) in [4.78, 5) is 0. The summed E-state index contributed by atoms with van der Waals surface area (Å²) in [5.41, 5.74) is 7.75. The number of hydrogen-bond donors (Lipinski definition) is 3. The van der Waals surface area contributed by atoms with Crippen molar-refractivity contribution in [3.8, 4) is 5.75 Å².